The molecule has 2 aromatic carbocycles. The molecule has 1 amide bonds. The number of nitrogens with zero attached hydrogens (tertiary/aromatic N) is 2. The molecule has 0 fully saturated rings. The van der Waals surface area contributed by atoms with E-state index in [0.29, 0.717) is 17.4 Å². The molecule has 1 heterocycles. The molecule has 26 heavy (non-hydrogen) atoms. The first-order chi connectivity index (χ1) is 12.5. The summed E-state index contributed by atoms with van der Waals surface area (Å²) in [6.45, 7) is 4.56. The Morgan fingerprint density at radius 1 is 1.00 bits per heavy atom. The van der Waals surface area contributed by atoms with Crippen LogP contribution >= 0.6 is 11.6 Å². The number of carbonyl (C=O) groups is 1. The van der Waals surface area contributed by atoms with Crippen molar-refractivity contribution in [2.75, 3.05) is 10.6 Å². The first-order valence-electron chi connectivity index (χ1n) is 8.22. The van der Waals surface area contributed by atoms with E-state index in [1.54, 1.807) is 12.1 Å². The van der Waals surface area contributed by atoms with Crippen molar-refractivity contribution in [3.63, 3.8) is 0 Å². The lowest BCUT2D eigenvalue weighted by atomic mass is 10.1. The minimum atomic E-state index is -0.293. The minimum absolute atomic E-state index is 0.256. The smallest absolute Gasteiger partial charge is 0.276 e. The lowest BCUT2D eigenvalue weighted by molar-refractivity contribution is 0.102. The normalized spacial score (nSPS) is 10.4. The van der Waals surface area contributed by atoms with Gasteiger partial charge >= 0.3 is 0 Å². The van der Waals surface area contributed by atoms with E-state index < -0.39 is 0 Å². The second kappa shape index (κ2) is 7.97. The fraction of sp³-hybridized carbons (Fsp3) is 0.150. The Bertz CT molecular complexity index is 925. The number of halogens is 1. The van der Waals surface area contributed by atoms with Crippen molar-refractivity contribution >= 4 is 29.0 Å². The molecule has 0 aliphatic rings. The van der Waals surface area contributed by atoms with Crippen LogP contribution in [0.5, 0.6) is 0 Å². The number of amides is 1. The maximum absolute atomic E-state index is 12.3. The summed E-state index contributed by atoms with van der Waals surface area (Å²) < 4.78 is 0. The summed E-state index contributed by atoms with van der Waals surface area (Å²) in [5.74, 6) is 0.283. The van der Waals surface area contributed by atoms with Gasteiger partial charge in [0.05, 0.1) is 0 Å². The largest absolute Gasteiger partial charge is 0.364 e. The van der Waals surface area contributed by atoms with Crippen LogP contribution in [0.4, 0.5) is 11.5 Å². The van der Waals surface area contributed by atoms with E-state index in [9.17, 15) is 4.79 Å². The van der Waals surface area contributed by atoms with Gasteiger partial charge in [0.15, 0.2) is 5.69 Å². The quantitative estimate of drug-likeness (QED) is 0.691. The van der Waals surface area contributed by atoms with Gasteiger partial charge in [-0.3, -0.25) is 4.79 Å². The molecule has 0 atom stereocenters. The summed E-state index contributed by atoms with van der Waals surface area (Å²) in [6, 6.07) is 16.7. The molecule has 5 nitrogen and oxygen atoms in total. The Balaban J connectivity index is 1.62. The van der Waals surface area contributed by atoms with Crippen molar-refractivity contribution in [1.82, 2.24) is 10.2 Å². The van der Waals surface area contributed by atoms with Crippen molar-refractivity contribution in [2.45, 2.75) is 20.4 Å². The molecule has 0 bridgehead atoms. The number of rotatable bonds is 5. The molecule has 0 aliphatic carbocycles. The number of hydrogen-bond donors (Lipinski definition) is 2. The molecule has 3 aromatic rings. The van der Waals surface area contributed by atoms with Crippen molar-refractivity contribution in [1.29, 1.82) is 0 Å². The van der Waals surface area contributed by atoms with Crippen LogP contribution in [-0.2, 0) is 6.54 Å². The topological polar surface area (TPSA) is 66.9 Å². The number of aromatic nitrogens is 2. The van der Waals surface area contributed by atoms with E-state index in [1.807, 2.05) is 56.3 Å². The van der Waals surface area contributed by atoms with E-state index >= 15 is 0 Å². The molecule has 0 aliphatic heterocycles. The predicted molar refractivity (Wildman–Crippen MR) is 105 cm³/mol. The fourth-order valence-electron chi connectivity index (χ4n) is 2.39. The Morgan fingerprint density at radius 2 is 1.81 bits per heavy atom. The molecule has 0 saturated heterocycles. The molecule has 1 aromatic heterocycles. The third-order valence-corrected chi connectivity index (χ3v) is 4.45. The second-order valence-electron chi connectivity index (χ2n) is 6.00. The van der Waals surface area contributed by atoms with Crippen LogP contribution in [0.3, 0.4) is 0 Å². The van der Waals surface area contributed by atoms with Gasteiger partial charge in [-0.2, -0.15) is 0 Å². The number of anilines is 2. The van der Waals surface area contributed by atoms with Gasteiger partial charge in [-0.15, -0.1) is 10.2 Å². The molecule has 132 valence electrons. The van der Waals surface area contributed by atoms with Crippen LogP contribution in [0.15, 0.2) is 54.6 Å². The SMILES string of the molecule is Cc1ccc(NC(=O)c2ccc(NCc3ccccc3Cl)nn2)cc1C. The molecule has 3 rings (SSSR count). The molecule has 0 saturated carbocycles. The highest BCUT2D eigenvalue weighted by molar-refractivity contribution is 6.31. The van der Waals surface area contributed by atoms with Gasteiger partial charge in [0.2, 0.25) is 0 Å². The summed E-state index contributed by atoms with van der Waals surface area (Å²) in [5, 5.41) is 14.7. The zero-order chi connectivity index (χ0) is 18.5. The molecular formula is C20H19ClN4O. The van der Waals surface area contributed by atoms with E-state index in [4.69, 9.17) is 11.6 Å². The van der Waals surface area contributed by atoms with Gasteiger partial charge in [-0.1, -0.05) is 35.9 Å². The van der Waals surface area contributed by atoms with Gasteiger partial charge < -0.3 is 10.6 Å². The van der Waals surface area contributed by atoms with Crippen LogP contribution in [0.25, 0.3) is 0 Å². The number of nitrogens with one attached hydrogen (secondary N) is 2. The summed E-state index contributed by atoms with van der Waals surface area (Å²) in [5.41, 5.74) is 4.25. The number of hydrogen-bond acceptors (Lipinski definition) is 4. The maximum Gasteiger partial charge on any atom is 0.276 e. The molecule has 0 unspecified atom stereocenters. The average molecular weight is 367 g/mol. The predicted octanol–water partition coefficient (Wildman–Crippen LogP) is 4.61. The highest BCUT2D eigenvalue weighted by Crippen LogP contribution is 2.17. The number of benzene rings is 2. The lowest BCUT2D eigenvalue weighted by Crippen LogP contribution is -2.15. The summed E-state index contributed by atoms with van der Waals surface area (Å²) in [7, 11) is 0. The summed E-state index contributed by atoms with van der Waals surface area (Å²) >= 11 is 6.13. The minimum Gasteiger partial charge on any atom is -0.364 e. The van der Waals surface area contributed by atoms with Gasteiger partial charge in [-0.05, 0) is 60.9 Å². The van der Waals surface area contributed by atoms with Gasteiger partial charge in [0.25, 0.3) is 5.91 Å². The van der Waals surface area contributed by atoms with E-state index in [-0.39, 0.29) is 11.6 Å². The van der Waals surface area contributed by atoms with Crippen LogP contribution in [-0.4, -0.2) is 16.1 Å². The van der Waals surface area contributed by atoms with Crippen molar-refractivity contribution < 1.29 is 4.79 Å². The molecule has 2 N–H and O–H groups in total. The second-order valence-corrected chi connectivity index (χ2v) is 6.41. The third-order valence-electron chi connectivity index (χ3n) is 4.08. The van der Waals surface area contributed by atoms with Gasteiger partial charge in [-0.25, -0.2) is 0 Å². The number of aryl methyl sites for hydroxylation is 2. The maximum atomic E-state index is 12.3. The van der Waals surface area contributed by atoms with E-state index in [1.165, 1.54) is 5.56 Å². The van der Waals surface area contributed by atoms with Crippen LogP contribution in [0.2, 0.25) is 5.02 Å². The molecular weight excluding hydrogens is 348 g/mol. The van der Waals surface area contributed by atoms with Crippen molar-refractivity contribution in [3.05, 3.63) is 82.0 Å². The van der Waals surface area contributed by atoms with Crippen LogP contribution in [0, 0.1) is 13.8 Å². The number of carbonyl (C=O) groups excluding carboxylic acids is 1. The third kappa shape index (κ3) is 4.37. The summed E-state index contributed by atoms with van der Waals surface area (Å²) in [6.07, 6.45) is 0. The first-order valence-corrected chi connectivity index (χ1v) is 8.60. The Morgan fingerprint density at radius 3 is 2.50 bits per heavy atom. The Kier molecular flexibility index (Phi) is 5.49. The first kappa shape index (κ1) is 17.9. The Hall–Kier alpha value is -2.92. The zero-order valence-electron chi connectivity index (χ0n) is 14.6. The molecule has 0 spiro atoms. The fourth-order valence-corrected chi connectivity index (χ4v) is 2.59. The van der Waals surface area contributed by atoms with Crippen molar-refractivity contribution in [3.8, 4) is 0 Å². The highest BCUT2D eigenvalue weighted by atomic mass is 35.5. The highest BCUT2D eigenvalue weighted by Gasteiger charge is 2.09. The van der Waals surface area contributed by atoms with Crippen LogP contribution < -0.4 is 10.6 Å². The van der Waals surface area contributed by atoms with E-state index in [2.05, 4.69) is 20.8 Å². The molecule has 6 heteroatoms. The van der Waals surface area contributed by atoms with Gasteiger partial charge in [0, 0.05) is 17.3 Å². The standard InChI is InChI=1S/C20H19ClN4O/c1-13-7-8-16(11-14(13)2)23-20(26)18-9-10-19(25-24-18)22-12-15-5-3-4-6-17(15)21/h3-11H,12H2,1-2H3,(H,22,25)(H,23,26). The average Bonchev–Trinajstić information content (AvgIpc) is 2.64. The van der Waals surface area contributed by atoms with Crippen molar-refractivity contribution in [2.24, 2.45) is 0 Å². The zero-order valence-corrected chi connectivity index (χ0v) is 15.3. The Labute approximate surface area is 157 Å². The summed E-state index contributed by atoms with van der Waals surface area (Å²) in [4.78, 5) is 12.3. The monoisotopic (exact) mass is 366 g/mol. The lowest BCUT2D eigenvalue weighted by Gasteiger charge is -2.08. The molecule has 0 radical (unpaired) electrons. The van der Waals surface area contributed by atoms with E-state index in [0.717, 1.165) is 16.8 Å². The van der Waals surface area contributed by atoms with Crippen LogP contribution in [0.1, 0.15) is 27.2 Å². The van der Waals surface area contributed by atoms with Gasteiger partial charge in [0.1, 0.15) is 5.82 Å².